The molecule has 0 aliphatic carbocycles. The summed E-state index contributed by atoms with van der Waals surface area (Å²) in [6, 6.07) is 5.13. The fourth-order valence-corrected chi connectivity index (χ4v) is 2.45. The summed E-state index contributed by atoms with van der Waals surface area (Å²) in [5.41, 5.74) is 1.85. The van der Waals surface area contributed by atoms with Gasteiger partial charge in [0.25, 0.3) is 0 Å². The topological polar surface area (TPSA) is 67.1 Å². The van der Waals surface area contributed by atoms with E-state index in [2.05, 4.69) is 9.88 Å². The molecule has 2 aromatic heterocycles. The third kappa shape index (κ3) is 2.66. The molecule has 0 amide bonds. The molecule has 3 heterocycles. The highest BCUT2D eigenvalue weighted by Crippen LogP contribution is 2.10. The van der Waals surface area contributed by atoms with Crippen LogP contribution in [0.4, 0.5) is 0 Å². The summed E-state index contributed by atoms with van der Waals surface area (Å²) in [5.74, 6) is -0.937. The monoisotopic (exact) mass is 275 g/mol. The van der Waals surface area contributed by atoms with Crippen LogP contribution < -0.4 is 0 Å². The Morgan fingerprint density at radius 3 is 2.90 bits per heavy atom. The number of morpholine rings is 1. The van der Waals surface area contributed by atoms with Crippen LogP contribution in [0.3, 0.4) is 0 Å². The molecule has 1 saturated heterocycles. The van der Waals surface area contributed by atoms with Gasteiger partial charge in [-0.15, -0.1) is 0 Å². The van der Waals surface area contributed by atoms with Crippen LogP contribution in [0.2, 0.25) is 0 Å². The molecule has 1 N–H and O–H groups in total. The van der Waals surface area contributed by atoms with Crippen molar-refractivity contribution in [3.63, 3.8) is 0 Å². The van der Waals surface area contributed by atoms with E-state index in [-0.39, 0.29) is 5.69 Å². The van der Waals surface area contributed by atoms with Gasteiger partial charge in [0.1, 0.15) is 11.3 Å². The zero-order chi connectivity index (χ0) is 13.9. The van der Waals surface area contributed by atoms with E-state index in [1.165, 1.54) is 0 Å². The molecule has 6 heteroatoms. The lowest BCUT2D eigenvalue weighted by Gasteiger charge is -2.26. The van der Waals surface area contributed by atoms with Crippen LogP contribution in [-0.2, 0) is 11.2 Å². The van der Waals surface area contributed by atoms with E-state index in [4.69, 9.17) is 9.84 Å². The highest BCUT2D eigenvalue weighted by molar-refractivity contribution is 5.86. The molecule has 1 fully saturated rings. The Morgan fingerprint density at radius 2 is 2.15 bits per heavy atom. The van der Waals surface area contributed by atoms with Gasteiger partial charge in [-0.25, -0.2) is 9.78 Å². The number of aromatic nitrogens is 2. The molecule has 3 rings (SSSR count). The Bertz CT molecular complexity index is 617. The van der Waals surface area contributed by atoms with E-state index in [9.17, 15) is 4.79 Å². The molecule has 106 valence electrons. The van der Waals surface area contributed by atoms with Crippen molar-refractivity contribution in [1.29, 1.82) is 0 Å². The van der Waals surface area contributed by atoms with Crippen molar-refractivity contribution in [1.82, 2.24) is 14.3 Å². The fourth-order valence-electron chi connectivity index (χ4n) is 2.45. The first-order valence-electron chi connectivity index (χ1n) is 6.74. The van der Waals surface area contributed by atoms with Gasteiger partial charge in [0.2, 0.25) is 0 Å². The number of imidazole rings is 1. The van der Waals surface area contributed by atoms with Crippen LogP contribution in [0.25, 0.3) is 5.65 Å². The third-order valence-corrected chi connectivity index (χ3v) is 3.55. The van der Waals surface area contributed by atoms with Crippen LogP contribution >= 0.6 is 0 Å². The fraction of sp³-hybridized carbons (Fsp3) is 0.429. The Balaban J connectivity index is 1.75. The second kappa shape index (κ2) is 5.60. The maximum absolute atomic E-state index is 11.2. The first-order valence-corrected chi connectivity index (χ1v) is 6.74. The Labute approximate surface area is 116 Å². The number of hydrogen-bond acceptors (Lipinski definition) is 4. The zero-order valence-corrected chi connectivity index (χ0v) is 11.2. The lowest BCUT2D eigenvalue weighted by molar-refractivity contribution is 0.0383. The molecule has 1 aliphatic rings. The molecule has 6 nitrogen and oxygen atoms in total. The first-order chi connectivity index (χ1) is 9.74. The van der Waals surface area contributed by atoms with Crippen molar-refractivity contribution >= 4 is 11.6 Å². The van der Waals surface area contributed by atoms with Crippen molar-refractivity contribution in [2.45, 2.75) is 6.42 Å². The number of hydrogen-bond donors (Lipinski definition) is 1. The van der Waals surface area contributed by atoms with E-state index in [0.717, 1.165) is 45.0 Å². The van der Waals surface area contributed by atoms with Crippen molar-refractivity contribution in [2.24, 2.45) is 0 Å². The summed E-state index contributed by atoms with van der Waals surface area (Å²) in [5, 5.41) is 9.16. The number of carbonyl (C=O) groups is 1. The van der Waals surface area contributed by atoms with E-state index < -0.39 is 5.97 Å². The van der Waals surface area contributed by atoms with E-state index in [1.807, 2.05) is 12.3 Å². The maximum atomic E-state index is 11.2. The number of aromatic carboxylic acids is 1. The lowest BCUT2D eigenvalue weighted by atomic mass is 10.3. The molecule has 20 heavy (non-hydrogen) atoms. The predicted molar refractivity (Wildman–Crippen MR) is 73.1 cm³/mol. The van der Waals surface area contributed by atoms with Crippen LogP contribution in [-0.4, -0.2) is 58.2 Å². The molecular formula is C14H17N3O3. The van der Waals surface area contributed by atoms with Crippen LogP contribution in [0.5, 0.6) is 0 Å². The molecule has 0 unspecified atom stereocenters. The Morgan fingerprint density at radius 1 is 1.35 bits per heavy atom. The number of carboxylic acid groups (broad SMARTS) is 1. The average molecular weight is 275 g/mol. The number of pyridine rings is 1. The van der Waals surface area contributed by atoms with E-state index in [0.29, 0.717) is 5.65 Å². The summed E-state index contributed by atoms with van der Waals surface area (Å²) < 4.78 is 6.95. The van der Waals surface area contributed by atoms with Crippen molar-refractivity contribution in [2.75, 3.05) is 32.8 Å². The summed E-state index contributed by atoms with van der Waals surface area (Å²) in [4.78, 5) is 18.0. The molecule has 0 atom stereocenters. The number of ether oxygens (including phenoxy) is 1. The Kier molecular flexibility index (Phi) is 3.66. The van der Waals surface area contributed by atoms with Gasteiger partial charge >= 0.3 is 5.97 Å². The highest BCUT2D eigenvalue weighted by atomic mass is 16.5. The number of nitrogens with zero attached hydrogens (tertiary/aromatic N) is 3. The minimum atomic E-state index is -0.937. The van der Waals surface area contributed by atoms with Gasteiger partial charge in [-0.05, 0) is 12.1 Å². The quantitative estimate of drug-likeness (QED) is 0.898. The number of rotatable bonds is 4. The molecule has 2 aromatic rings. The van der Waals surface area contributed by atoms with Crippen LogP contribution in [0.1, 0.15) is 16.2 Å². The molecule has 1 aliphatic heterocycles. The minimum Gasteiger partial charge on any atom is -0.477 e. The third-order valence-electron chi connectivity index (χ3n) is 3.55. The van der Waals surface area contributed by atoms with Gasteiger partial charge in [0.05, 0.1) is 18.9 Å². The molecular weight excluding hydrogens is 258 g/mol. The van der Waals surface area contributed by atoms with Gasteiger partial charge in [0.15, 0.2) is 0 Å². The molecule has 0 aromatic carbocycles. The van der Waals surface area contributed by atoms with Gasteiger partial charge in [-0.3, -0.25) is 9.30 Å². The van der Waals surface area contributed by atoms with Gasteiger partial charge in [-0.2, -0.15) is 0 Å². The second-order valence-corrected chi connectivity index (χ2v) is 4.88. The summed E-state index contributed by atoms with van der Waals surface area (Å²) in [6.07, 6.45) is 2.64. The summed E-state index contributed by atoms with van der Waals surface area (Å²) in [6.45, 7) is 4.40. The van der Waals surface area contributed by atoms with Crippen LogP contribution in [0.15, 0.2) is 24.4 Å². The zero-order valence-electron chi connectivity index (χ0n) is 11.2. The predicted octanol–water partition coefficient (Wildman–Crippen LogP) is 0.907. The SMILES string of the molecule is O=C(O)c1cccc2nc(CCN3CCOCC3)cn12. The smallest absolute Gasteiger partial charge is 0.352 e. The van der Waals surface area contributed by atoms with Gasteiger partial charge in [-0.1, -0.05) is 6.07 Å². The summed E-state index contributed by atoms with van der Waals surface area (Å²) >= 11 is 0. The van der Waals surface area contributed by atoms with E-state index >= 15 is 0 Å². The highest BCUT2D eigenvalue weighted by Gasteiger charge is 2.13. The molecule has 0 radical (unpaired) electrons. The Hall–Kier alpha value is -1.92. The van der Waals surface area contributed by atoms with Gasteiger partial charge < -0.3 is 9.84 Å². The normalized spacial score (nSPS) is 16.6. The second-order valence-electron chi connectivity index (χ2n) is 4.88. The average Bonchev–Trinajstić information content (AvgIpc) is 2.88. The standard InChI is InChI=1S/C14H17N3O3/c18-14(19)12-2-1-3-13-15-11(10-17(12)13)4-5-16-6-8-20-9-7-16/h1-3,10H,4-9H2,(H,18,19). The van der Waals surface area contributed by atoms with Crippen molar-refractivity contribution in [3.8, 4) is 0 Å². The van der Waals surface area contributed by atoms with Gasteiger partial charge in [0, 0.05) is 32.3 Å². The number of fused-ring (bicyclic) bond motifs is 1. The number of carboxylic acids is 1. The first kappa shape index (κ1) is 13.1. The summed E-state index contributed by atoms with van der Waals surface area (Å²) in [7, 11) is 0. The largest absolute Gasteiger partial charge is 0.477 e. The van der Waals surface area contributed by atoms with Crippen LogP contribution in [0, 0.1) is 0 Å². The molecule has 0 spiro atoms. The maximum Gasteiger partial charge on any atom is 0.352 e. The minimum absolute atomic E-state index is 0.243. The molecule has 0 saturated carbocycles. The van der Waals surface area contributed by atoms with Crippen molar-refractivity contribution in [3.05, 3.63) is 35.8 Å². The lowest BCUT2D eigenvalue weighted by Crippen LogP contribution is -2.37. The molecule has 0 bridgehead atoms. The van der Waals surface area contributed by atoms with E-state index in [1.54, 1.807) is 16.5 Å². The van der Waals surface area contributed by atoms with Crippen molar-refractivity contribution < 1.29 is 14.6 Å².